The summed E-state index contributed by atoms with van der Waals surface area (Å²) in [5.41, 5.74) is 6.86. The Morgan fingerprint density at radius 1 is 0.897 bits per heavy atom. The van der Waals surface area contributed by atoms with E-state index >= 15 is 0 Å². The van der Waals surface area contributed by atoms with Gasteiger partial charge in [0.15, 0.2) is 0 Å². The van der Waals surface area contributed by atoms with E-state index < -0.39 is 0 Å². The first kappa shape index (κ1) is 18.0. The molecular formula is C25H23NO3. The van der Waals surface area contributed by atoms with Gasteiger partial charge < -0.3 is 9.84 Å². The Balaban J connectivity index is 1.37. The molecule has 2 aliphatic rings. The van der Waals surface area contributed by atoms with Gasteiger partial charge in [-0.05, 0) is 40.3 Å². The number of carbonyl (C=O) groups excluding carboxylic acids is 1. The van der Waals surface area contributed by atoms with Crippen LogP contribution in [0.1, 0.15) is 34.9 Å². The van der Waals surface area contributed by atoms with E-state index in [1.54, 1.807) is 4.90 Å². The van der Waals surface area contributed by atoms with Crippen LogP contribution < -0.4 is 4.90 Å². The average Bonchev–Trinajstić information content (AvgIpc) is 3.29. The maximum absolute atomic E-state index is 13.0. The van der Waals surface area contributed by atoms with Crippen molar-refractivity contribution in [2.75, 3.05) is 24.7 Å². The topological polar surface area (TPSA) is 49.8 Å². The Morgan fingerprint density at radius 2 is 1.48 bits per heavy atom. The second-order valence-corrected chi connectivity index (χ2v) is 7.68. The molecule has 1 heterocycles. The van der Waals surface area contributed by atoms with Crippen molar-refractivity contribution in [1.82, 2.24) is 0 Å². The third kappa shape index (κ3) is 3.00. The molecule has 1 N–H and O–H groups in total. The number of carbonyl (C=O) groups is 1. The standard InChI is InChI=1S/C25H23NO3/c27-14-13-17-15-26(24-12-6-5-7-18(17)24)25(28)29-16-23-21-10-3-1-8-19(21)20-9-2-4-11-22(20)23/h1-12,17,23,27H,13-16H2. The number of aliphatic hydroxyl groups is 1. The van der Waals surface area contributed by atoms with Crippen molar-refractivity contribution in [3.8, 4) is 11.1 Å². The Hall–Kier alpha value is -3.11. The molecule has 4 heteroatoms. The molecule has 0 spiro atoms. The lowest BCUT2D eigenvalue weighted by molar-refractivity contribution is 0.150. The minimum absolute atomic E-state index is 0.0532. The van der Waals surface area contributed by atoms with Gasteiger partial charge in [0, 0.05) is 25.0 Å². The first-order valence-electron chi connectivity index (χ1n) is 10.1. The van der Waals surface area contributed by atoms with Crippen LogP contribution in [0, 0.1) is 0 Å². The second-order valence-electron chi connectivity index (χ2n) is 7.68. The monoisotopic (exact) mass is 385 g/mol. The molecule has 0 aromatic heterocycles. The molecule has 29 heavy (non-hydrogen) atoms. The van der Waals surface area contributed by atoms with E-state index in [4.69, 9.17) is 4.74 Å². The summed E-state index contributed by atoms with van der Waals surface area (Å²) < 4.78 is 5.83. The number of anilines is 1. The molecule has 0 radical (unpaired) electrons. The van der Waals surface area contributed by atoms with Crippen LogP contribution in [0.15, 0.2) is 72.8 Å². The maximum atomic E-state index is 13.0. The fourth-order valence-electron chi connectivity index (χ4n) is 4.74. The summed E-state index contributed by atoms with van der Waals surface area (Å²) in [5, 5.41) is 9.38. The number of amides is 1. The van der Waals surface area contributed by atoms with Crippen molar-refractivity contribution < 1.29 is 14.6 Å². The van der Waals surface area contributed by atoms with E-state index in [2.05, 4.69) is 24.3 Å². The third-order valence-electron chi connectivity index (χ3n) is 6.10. The summed E-state index contributed by atoms with van der Waals surface area (Å²) in [6.45, 7) is 0.976. The minimum Gasteiger partial charge on any atom is -0.448 e. The molecule has 146 valence electrons. The first-order chi connectivity index (χ1) is 14.3. The van der Waals surface area contributed by atoms with Gasteiger partial charge in [0.2, 0.25) is 0 Å². The lowest BCUT2D eigenvalue weighted by Gasteiger charge is -2.20. The molecule has 4 nitrogen and oxygen atoms in total. The van der Waals surface area contributed by atoms with Gasteiger partial charge in [-0.25, -0.2) is 4.79 Å². The molecule has 0 bridgehead atoms. The predicted octanol–water partition coefficient (Wildman–Crippen LogP) is 4.92. The summed E-state index contributed by atoms with van der Waals surface area (Å²) in [7, 11) is 0. The number of benzene rings is 3. The Kier molecular flexibility index (Phi) is 4.57. The van der Waals surface area contributed by atoms with Crippen LogP contribution in [-0.4, -0.2) is 31.0 Å². The summed E-state index contributed by atoms with van der Waals surface area (Å²) in [6.07, 6.45) is 0.323. The Bertz CT molecular complexity index is 1020. The average molecular weight is 385 g/mol. The van der Waals surface area contributed by atoms with Gasteiger partial charge in [0.1, 0.15) is 6.61 Å². The second kappa shape index (κ2) is 7.37. The summed E-state index contributed by atoms with van der Waals surface area (Å²) in [5.74, 6) is 0.203. The van der Waals surface area contributed by atoms with Gasteiger partial charge in [-0.2, -0.15) is 0 Å². The van der Waals surface area contributed by atoms with Gasteiger partial charge in [-0.15, -0.1) is 0 Å². The molecule has 1 aliphatic heterocycles. The zero-order valence-electron chi connectivity index (χ0n) is 16.1. The molecule has 1 aliphatic carbocycles. The van der Waals surface area contributed by atoms with E-state index in [9.17, 15) is 9.90 Å². The number of nitrogens with zero attached hydrogens (tertiary/aromatic N) is 1. The van der Waals surface area contributed by atoms with Crippen molar-refractivity contribution in [2.45, 2.75) is 18.3 Å². The van der Waals surface area contributed by atoms with Gasteiger partial charge in [-0.3, -0.25) is 4.90 Å². The van der Waals surface area contributed by atoms with Crippen molar-refractivity contribution in [3.63, 3.8) is 0 Å². The third-order valence-corrected chi connectivity index (χ3v) is 6.10. The predicted molar refractivity (Wildman–Crippen MR) is 113 cm³/mol. The molecule has 3 aromatic rings. The number of para-hydroxylation sites is 1. The number of fused-ring (bicyclic) bond motifs is 4. The van der Waals surface area contributed by atoms with E-state index in [1.807, 2.05) is 48.5 Å². The largest absolute Gasteiger partial charge is 0.448 e. The molecule has 0 fully saturated rings. The fraction of sp³-hybridized carbons (Fsp3) is 0.240. The van der Waals surface area contributed by atoms with Crippen molar-refractivity contribution in [1.29, 1.82) is 0 Å². The zero-order chi connectivity index (χ0) is 19.8. The molecule has 0 saturated carbocycles. The fourth-order valence-corrected chi connectivity index (χ4v) is 4.74. The number of hydrogen-bond donors (Lipinski definition) is 1. The van der Waals surface area contributed by atoms with Crippen LogP contribution >= 0.6 is 0 Å². The van der Waals surface area contributed by atoms with Crippen LogP contribution in [0.2, 0.25) is 0 Å². The van der Waals surface area contributed by atoms with Crippen molar-refractivity contribution >= 4 is 11.8 Å². The molecule has 1 unspecified atom stereocenters. The summed E-state index contributed by atoms with van der Waals surface area (Å²) in [6, 6.07) is 24.6. The van der Waals surface area contributed by atoms with Crippen molar-refractivity contribution in [2.24, 2.45) is 0 Å². The molecule has 1 atom stereocenters. The molecular weight excluding hydrogens is 362 g/mol. The van der Waals surface area contributed by atoms with E-state index in [0.29, 0.717) is 19.6 Å². The van der Waals surface area contributed by atoms with Crippen LogP contribution in [0.4, 0.5) is 10.5 Å². The zero-order valence-corrected chi connectivity index (χ0v) is 16.1. The van der Waals surface area contributed by atoms with Gasteiger partial charge in [0.25, 0.3) is 0 Å². The number of rotatable bonds is 4. The first-order valence-corrected chi connectivity index (χ1v) is 10.1. The van der Waals surface area contributed by atoms with Gasteiger partial charge >= 0.3 is 6.09 Å². The van der Waals surface area contributed by atoms with E-state index in [0.717, 1.165) is 11.3 Å². The summed E-state index contributed by atoms with van der Waals surface area (Å²) >= 11 is 0. The molecule has 5 rings (SSSR count). The lowest BCUT2D eigenvalue weighted by atomic mass is 9.98. The van der Waals surface area contributed by atoms with E-state index in [1.165, 1.54) is 22.3 Å². The van der Waals surface area contributed by atoms with Crippen LogP contribution in [0.25, 0.3) is 11.1 Å². The van der Waals surface area contributed by atoms with Gasteiger partial charge in [-0.1, -0.05) is 66.7 Å². The normalized spacial score (nSPS) is 17.0. The molecule has 1 amide bonds. The Morgan fingerprint density at radius 3 is 2.14 bits per heavy atom. The highest BCUT2D eigenvalue weighted by molar-refractivity contribution is 5.91. The highest BCUT2D eigenvalue weighted by Gasteiger charge is 2.34. The van der Waals surface area contributed by atoms with Gasteiger partial charge in [0.05, 0.1) is 5.69 Å². The number of ether oxygens (including phenoxy) is 1. The summed E-state index contributed by atoms with van der Waals surface area (Å²) in [4.78, 5) is 14.7. The lowest BCUT2D eigenvalue weighted by Crippen LogP contribution is -2.31. The molecule has 3 aromatic carbocycles. The van der Waals surface area contributed by atoms with Crippen molar-refractivity contribution in [3.05, 3.63) is 89.5 Å². The minimum atomic E-state index is -0.320. The van der Waals surface area contributed by atoms with Crippen LogP contribution in [0.5, 0.6) is 0 Å². The highest BCUT2D eigenvalue weighted by atomic mass is 16.6. The maximum Gasteiger partial charge on any atom is 0.414 e. The van der Waals surface area contributed by atoms with E-state index in [-0.39, 0.29) is 24.5 Å². The number of hydrogen-bond acceptors (Lipinski definition) is 3. The van der Waals surface area contributed by atoms with Crippen LogP contribution in [0.3, 0.4) is 0 Å². The quantitative estimate of drug-likeness (QED) is 0.693. The highest BCUT2D eigenvalue weighted by Crippen LogP contribution is 2.45. The smallest absolute Gasteiger partial charge is 0.414 e. The SMILES string of the molecule is O=C(OCC1c2ccccc2-c2ccccc21)N1CC(CCO)c2ccccc21. The Labute approximate surface area is 170 Å². The molecule has 0 saturated heterocycles. The van der Waals surface area contributed by atoms with Crippen LogP contribution in [-0.2, 0) is 4.74 Å². The number of aliphatic hydroxyl groups excluding tert-OH is 1.